The number of fused-ring (bicyclic) bond motifs is 8. The summed E-state index contributed by atoms with van der Waals surface area (Å²) in [6.07, 6.45) is 7.87. The maximum Gasteiger partial charge on any atom is 0.340 e. The molecule has 10 rings (SSSR count). The van der Waals surface area contributed by atoms with Gasteiger partial charge in [-0.3, -0.25) is 14.5 Å². The molecular weight excluding hydrogens is 709 g/mol. The van der Waals surface area contributed by atoms with Crippen LogP contribution in [0.1, 0.15) is 94.9 Å². The number of hydrogen-bond donors (Lipinski definition) is 1. The number of aromatic amines is 1. The summed E-state index contributed by atoms with van der Waals surface area (Å²) in [5.41, 5.74) is -0.259. The number of benzene rings is 2. The Balaban J connectivity index is 1.29. The van der Waals surface area contributed by atoms with Crippen molar-refractivity contribution in [1.29, 1.82) is 0 Å². The number of ether oxygens (including phenoxy) is 4. The van der Waals surface area contributed by atoms with Crippen LogP contribution in [0.3, 0.4) is 0 Å². The molecule has 10 atom stereocenters. The first-order valence-electron chi connectivity index (χ1n) is 21.0. The minimum Gasteiger partial charge on any atom is -0.497 e. The number of rotatable bonds is 7. The molecule has 3 aromatic rings. The first-order valence-corrected chi connectivity index (χ1v) is 21.0. The highest BCUT2D eigenvalue weighted by atomic mass is 16.6. The number of likely N-dealkylation sites (N-methyl/N-ethyl adjacent to an activating group) is 1. The second-order valence-electron chi connectivity index (χ2n) is 18.1. The Morgan fingerprint density at radius 3 is 2.55 bits per heavy atom. The molecule has 8 heterocycles. The Kier molecular flexibility index (Phi) is 7.91. The van der Waals surface area contributed by atoms with Gasteiger partial charge in [-0.2, -0.15) is 0 Å². The summed E-state index contributed by atoms with van der Waals surface area (Å²) in [5, 5.41) is 1.11. The fourth-order valence-corrected chi connectivity index (χ4v) is 14.5. The predicted octanol–water partition coefficient (Wildman–Crippen LogP) is 6.00. The van der Waals surface area contributed by atoms with Crippen LogP contribution in [0.25, 0.3) is 10.9 Å². The number of anilines is 1. The van der Waals surface area contributed by atoms with Gasteiger partial charge in [-0.25, -0.2) is 4.79 Å². The van der Waals surface area contributed by atoms with Crippen molar-refractivity contribution in [2.45, 2.75) is 125 Å². The van der Waals surface area contributed by atoms with Crippen molar-refractivity contribution in [1.82, 2.24) is 14.8 Å². The van der Waals surface area contributed by atoms with E-state index in [9.17, 15) is 4.79 Å². The lowest BCUT2D eigenvalue weighted by molar-refractivity contribution is -0.221. The van der Waals surface area contributed by atoms with Crippen molar-refractivity contribution >= 4 is 34.4 Å². The third kappa shape index (κ3) is 4.04. The number of nitrogens with zero attached hydrogens (tertiary/aromatic N) is 3. The van der Waals surface area contributed by atoms with E-state index in [0.717, 1.165) is 85.0 Å². The Bertz CT molecular complexity index is 2150. The first kappa shape index (κ1) is 36.3. The minimum atomic E-state index is -1.33. The van der Waals surface area contributed by atoms with E-state index in [1.165, 1.54) is 14.2 Å². The zero-order valence-electron chi connectivity index (χ0n) is 33.7. The van der Waals surface area contributed by atoms with E-state index >= 15 is 9.59 Å². The highest BCUT2D eigenvalue weighted by Crippen LogP contribution is 2.82. The molecule has 56 heavy (non-hydrogen) atoms. The normalized spacial score (nSPS) is 39.0. The summed E-state index contributed by atoms with van der Waals surface area (Å²) >= 11 is 0. The van der Waals surface area contributed by atoms with Gasteiger partial charge in [-0.1, -0.05) is 44.5 Å². The molecule has 2 aromatic carbocycles. The largest absolute Gasteiger partial charge is 0.497 e. The number of esters is 2. The Morgan fingerprint density at radius 1 is 1.00 bits per heavy atom. The van der Waals surface area contributed by atoms with Gasteiger partial charge in [0.05, 0.1) is 38.8 Å². The summed E-state index contributed by atoms with van der Waals surface area (Å²) in [7, 11) is 6.66. The highest BCUT2D eigenvalue weighted by molar-refractivity contribution is 5.94. The van der Waals surface area contributed by atoms with Gasteiger partial charge in [0.25, 0.3) is 0 Å². The molecule has 7 aliphatic rings. The minimum absolute atomic E-state index is 0.0262. The number of nitrogens with one attached hydrogen (secondary N) is 1. The van der Waals surface area contributed by atoms with Crippen LogP contribution in [0.5, 0.6) is 5.75 Å². The lowest BCUT2D eigenvalue weighted by atomic mass is 9.48. The highest BCUT2D eigenvalue weighted by Gasteiger charge is 2.94. The lowest BCUT2D eigenvalue weighted by Crippen LogP contribution is -2.72. The van der Waals surface area contributed by atoms with Gasteiger partial charge in [-0.15, -0.1) is 0 Å². The average molecular weight is 765 g/mol. The fraction of sp³-hybridized carbons (Fsp3) is 0.622. The van der Waals surface area contributed by atoms with E-state index in [4.69, 9.17) is 18.9 Å². The molecule has 0 saturated carbocycles. The molecule has 298 valence electrons. The van der Waals surface area contributed by atoms with E-state index in [1.54, 1.807) is 7.11 Å². The van der Waals surface area contributed by atoms with E-state index in [-0.39, 0.29) is 17.8 Å². The molecule has 11 nitrogen and oxygen atoms in total. The van der Waals surface area contributed by atoms with Gasteiger partial charge < -0.3 is 33.7 Å². The number of carbonyl (C=O) groups excluding carboxylic acids is 3. The third-order valence-corrected chi connectivity index (χ3v) is 16.2. The Morgan fingerprint density at radius 2 is 1.80 bits per heavy atom. The van der Waals surface area contributed by atoms with Gasteiger partial charge in [0.2, 0.25) is 5.91 Å². The fourth-order valence-electron chi connectivity index (χ4n) is 14.5. The zero-order valence-corrected chi connectivity index (χ0v) is 33.7. The number of H-pyrrole nitrogens is 1. The average Bonchev–Trinajstić information content (AvgIpc) is 3.97. The number of piperidine rings is 2. The van der Waals surface area contributed by atoms with Crippen molar-refractivity contribution in [2.24, 2.45) is 11.3 Å². The van der Waals surface area contributed by atoms with E-state index < -0.39 is 45.6 Å². The summed E-state index contributed by atoms with van der Waals surface area (Å²) in [6, 6.07) is 13.9. The second-order valence-corrected chi connectivity index (χ2v) is 18.1. The number of methoxy groups -OCH3 is 3. The summed E-state index contributed by atoms with van der Waals surface area (Å²) in [6.45, 7) is 6.26. The number of para-hydroxylation sites is 1. The van der Waals surface area contributed by atoms with Crippen molar-refractivity contribution in [2.75, 3.05) is 46.4 Å². The maximum atomic E-state index is 15.5. The molecule has 11 heteroatoms. The third-order valence-electron chi connectivity index (χ3n) is 16.2. The molecule has 5 unspecified atom stereocenters. The standard InChI is InChI=1S/C45H56N4O7/c1-7-19-41-20-17-36(50)49-35(24-43-32-16-15-29(53-4)22-34(32)47(3)38(43)44(26-41,40(52)55-6)56-45(41,43)49)42(39(51)54-5)23-27-13-14-28(8-2)48(25-27)21-18-31-30-11-9-10-12-33(30)46-37(31)42/h9-12,15-16,22,27-28,35,38,46H,7-8,13-14,17-21,23-26H2,1-6H3/t27?,28?,35?,38-,41+,42+,43?,44-,45+/m1/s1. The summed E-state index contributed by atoms with van der Waals surface area (Å²) in [5.74, 6) is 0.169. The molecule has 1 amide bonds. The van der Waals surface area contributed by atoms with Crippen LogP contribution in [0.15, 0.2) is 42.5 Å². The molecule has 7 aliphatic heterocycles. The Labute approximate surface area is 329 Å². The van der Waals surface area contributed by atoms with E-state index in [0.29, 0.717) is 43.9 Å². The maximum absolute atomic E-state index is 15.5. The van der Waals surface area contributed by atoms with Crippen LogP contribution in [0.4, 0.5) is 5.69 Å². The molecule has 5 saturated heterocycles. The van der Waals surface area contributed by atoms with Crippen LogP contribution in [0, 0.1) is 11.3 Å². The van der Waals surface area contributed by atoms with Gasteiger partial charge in [0, 0.05) is 66.4 Å². The second kappa shape index (κ2) is 12.2. The molecular formula is C45H56N4O7. The van der Waals surface area contributed by atoms with E-state index in [1.807, 2.05) is 19.2 Å². The van der Waals surface area contributed by atoms with Crippen LogP contribution in [0.2, 0.25) is 0 Å². The number of hydrogen-bond acceptors (Lipinski definition) is 9. The Hall–Kier alpha value is -4.09. The van der Waals surface area contributed by atoms with Crippen molar-refractivity contribution in [3.8, 4) is 5.75 Å². The van der Waals surface area contributed by atoms with Crippen molar-refractivity contribution in [3.63, 3.8) is 0 Å². The molecule has 0 radical (unpaired) electrons. The van der Waals surface area contributed by atoms with Crippen LogP contribution < -0.4 is 9.64 Å². The molecule has 2 spiro atoms. The lowest BCUT2D eigenvalue weighted by Gasteiger charge is -2.59. The topological polar surface area (TPSA) is 114 Å². The smallest absolute Gasteiger partial charge is 0.340 e. The molecule has 0 aliphatic carbocycles. The molecule has 4 bridgehead atoms. The quantitative estimate of drug-likeness (QED) is 0.290. The monoisotopic (exact) mass is 764 g/mol. The zero-order chi connectivity index (χ0) is 39.0. The van der Waals surface area contributed by atoms with Crippen LogP contribution in [-0.4, -0.2) is 104 Å². The molecule has 1 N–H and O–H groups in total. The summed E-state index contributed by atoms with van der Waals surface area (Å²) in [4.78, 5) is 56.3. The molecule has 1 aromatic heterocycles. The first-order chi connectivity index (χ1) is 27.1. The van der Waals surface area contributed by atoms with Crippen LogP contribution >= 0.6 is 0 Å². The molecule has 5 fully saturated rings. The van der Waals surface area contributed by atoms with Crippen molar-refractivity contribution < 1.29 is 33.3 Å². The SMILES string of the molecule is CCC[C@]12CCC(=O)N3C([C@@]4(C(=O)OC)CC5CCC(CC)N(CCc6c4[nH]c4ccccc64)C5)CC45c6ccc(OC)cc6N(C)[C@H]4[C@@](C(=O)OC)(C1)O[C@]352. The predicted molar refractivity (Wildman–Crippen MR) is 211 cm³/mol. The number of amides is 1. The van der Waals surface area contributed by atoms with E-state index in [2.05, 4.69) is 63.9 Å². The van der Waals surface area contributed by atoms with Gasteiger partial charge in [0.15, 0.2) is 11.3 Å². The van der Waals surface area contributed by atoms with Gasteiger partial charge in [0.1, 0.15) is 11.2 Å². The van der Waals surface area contributed by atoms with Crippen molar-refractivity contribution in [3.05, 3.63) is 59.3 Å². The number of aromatic nitrogens is 1. The van der Waals surface area contributed by atoms with Gasteiger partial charge in [-0.05, 0) is 87.0 Å². The number of carbonyl (C=O) groups is 3. The summed E-state index contributed by atoms with van der Waals surface area (Å²) < 4.78 is 25.2. The van der Waals surface area contributed by atoms with Crippen LogP contribution in [-0.2, 0) is 45.8 Å². The van der Waals surface area contributed by atoms with Gasteiger partial charge >= 0.3 is 11.9 Å².